The molecule has 0 aliphatic heterocycles. The standard InChI is InChI=1S/C16H33NO2/c1-5-7-8-9-10-11-12-13-17(15(3)4)14-16(18)19-6-2/h15H,5-14H2,1-4H3. The quantitative estimate of drug-likeness (QED) is 0.397. The summed E-state index contributed by atoms with van der Waals surface area (Å²) < 4.78 is 5.01. The van der Waals surface area contributed by atoms with E-state index >= 15 is 0 Å². The van der Waals surface area contributed by atoms with Crippen molar-refractivity contribution in [2.24, 2.45) is 0 Å². The zero-order valence-corrected chi connectivity index (χ0v) is 13.4. The summed E-state index contributed by atoms with van der Waals surface area (Å²) >= 11 is 0. The highest BCUT2D eigenvalue weighted by Gasteiger charge is 2.13. The van der Waals surface area contributed by atoms with Crippen LogP contribution in [-0.4, -0.2) is 36.6 Å². The summed E-state index contributed by atoms with van der Waals surface area (Å²) in [5, 5.41) is 0. The van der Waals surface area contributed by atoms with Crippen molar-refractivity contribution in [3.63, 3.8) is 0 Å². The molecule has 0 heterocycles. The van der Waals surface area contributed by atoms with Crippen LogP contribution in [0, 0.1) is 0 Å². The third-order valence-electron chi connectivity index (χ3n) is 3.42. The van der Waals surface area contributed by atoms with E-state index in [2.05, 4.69) is 25.7 Å². The average molecular weight is 271 g/mol. The average Bonchev–Trinajstić information content (AvgIpc) is 2.36. The minimum atomic E-state index is -0.0980. The van der Waals surface area contributed by atoms with Crippen LogP contribution in [-0.2, 0) is 9.53 Å². The molecule has 0 bridgehead atoms. The van der Waals surface area contributed by atoms with Crippen LogP contribution in [0.1, 0.15) is 72.6 Å². The minimum Gasteiger partial charge on any atom is -0.465 e. The fourth-order valence-corrected chi connectivity index (χ4v) is 2.16. The van der Waals surface area contributed by atoms with Crippen molar-refractivity contribution >= 4 is 5.97 Å². The predicted octanol–water partition coefficient (Wildman–Crippen LogP) is 4.01. The number of esters is 1. The molecule has 0 rings (SSSR count). The van der Waals surface area contributed by atoms with Crippen molar-refractivity contribution in [2.75, 3.05) is 19.7 Å². The van der Waals surface area contributed by atoms with E-state index in [1.54, 1.807) is 0 Å². The summed E-state index contributed by atoms with van der Waals surface area (Å²) in [5.74, 6) is -0.0980. The Bertz CT molecular complexity index is 217. The van der Waals surface area contributed by atoms with Crippen LogP contribution in [0.2, 0.25) is 0 Å². The number of hydrogen-bond donors (Lipinski definition) is 0. The van der Waals surface area contributed by atoms with Crippen LogP contribution >= 0.6 is 0 Å². The van der Waals surface area contributed by atoms with Gasteiger partial charge >= 0.3 is 5.97 Å². The van der Waals surface area contributed by atoms with E-state index in [0.29, 0.717) is 19.2 Å². The first-order chi connectivity index (χ1) is 9.11. The lowest BCUT2D eigenvalue weighted by Crippen LogP contribution is -2.37. The molecule has 0 aliphatic rings. The third kappa shape index (κ3) is 11.0. The van der Waals surface area contributed by atoms with Crippen LogP contribution < -0.4 is 0 Å². The van der Waals surface area contributed by atoms with Crippen LogP contribution in [0.25, 0.3) is 0 Å². The van der Waals surface area contributed by atoms with Crippen molar-refractivity contribution in [2.45, 2.75) is 78.7 Å². The van der Waals surface area contributed by atoms with E-state index in [0.717, 1.165) is 6.54 Å². The Hall–Kier alpha value is -0.570. The maximum absolute atomic E-state index is 11.5. The van der Waals surface area contributed by atoms with E-state index in [1.807, 2.05) is 6.92 Å². The Balaban J connectivity index is 3.68. The Morgan fingerprint density at radius 2 is 1.58 bits per heavy atom. The summed E-state index contributed by atoms with van der Waals surface area (Å²) in [7, 11) is 0. The molecule has 0 amide bonds. The highest BCUT2D eigenvalue weighted by atomic mass is 16.5. The lowest BCUT2D eigenvalue weighted by Gasteiger charge is -2.25. The number of unbranched alkanes of at least 4 members (excludes halogenated alkanes) is 6. The summed E-state index contributed by atoms with van der Waals surface area (Å²) in [6.45, 7) is 10.3. The Morgan fingerprint density at radius 1 is 1.00 bits per heavy atom. The molecule has 0 N–H and O–H groups in total. The van der Waals surface area contributed by atoms with E-state index < -0.39 is 0 Å². The van der Waals surface area contributed by atoms with Gasteiger partial charge in [0.05, 0.1) is 13.2 Å². The second-order valence-electron chi connectivity index (χ2n) is 5.49. The molecule has 0 saturated carbocycles. The number of carbonyl (C=O) groups is 1. The summed E-state index contributed by atoms with van der Waals surface area (Å²) in [6.07, 6.45) is 9.17. The fraction of sp³-hybridized carbons (Fsp3) is 0.938. The maximum atomic E-state index is 11.5. The molecule has 3 heteroatoms. The molecule has 0 aromatic rings. The SMILES string of the molecule is CCCCCCCCCN(CC(=O)OCC)C(C)C. The smallest absolute Gasteiger partial charge is 0.320 e. The normalized spacial score (nSPS) is 11.3. The first-order valence-electron chi connectivity index (χ1n) is 8.01. The molecule has 0 fully saturated rings. The van der Waals surface area contributed by atoms with E-state index in [9.17, 15) is 4.79 Å². The molecule has 0 saturated heterocycles. The van der Waals surface area contributed by atoms with Gasteiger partial charge in [-0.25, -0.2) is 0 Å². The molecule has 114 valence electrons. The van der Waals surface area contributed by atoms with Crippen molar-refractivity contribution in [1.82, 2.24) is 4.90 Å². The first kappa shape index (κ1) is 18.4. The molecule has 0 spiro atoms. The van der Waals surface area contributed by atoms with Gasteiger partial charge in [-0.2, -0.15) is 0 Å². The maximum Gasteiger partial charge on any atom is 0.320 e. The molecule has 0 unspecified atom stereocenters. The van der Waals surface area contributed by atoms with Crippen molar-refractivity contribution in [1.29, 1.82) is 0 Å². The summed E-state index contributed by atoms with van der Waals surface area (Å²) in [4.78, 5) is 13.7. The van der Waals surface area contributed by atoms with Crippen LogP contribution in [0.4, 0.5) is 0 Å². The van der Waals surface area contributed by atoms with Crippen LogP contribution in [0.15, 0.2) is 0 Å². The van der Waals surface area contributed by atoms with E-state index in [4.69, 9.17) is 4.74 Å². The first-order valence-corrected chi connectivity index (χ1v) is 8.01. The molecular weight excluding hydrogens is 238 g/mol. The van der Waals surface area contributed by atoms with Crippen LogP contribution in [0.3, 0.4) is 0 Å². The molecule has 0 aromatic heterocycles. The second kappa shape index (κ2) is 12.5. The molecule has 3 nitrogen and oxygen atoms in total. The van der Waals surface area contributed by atoms with Gasteiger partial charge in [0.15, 0.2) is 0 Å². The van der Waals surface area contributed by atoms with Gasteiger partial charge in [0.2, 0.25) is 0 Å². The zero-order valence-electron chi connectivity index (χ0n) is 13.4. The number of hydrogen-bond acceptors (Lipinski definition) is 3. The number of ether oxygens (including phenoxy) is 1. The highest BCUT2D eigenvalue weighted by molar-refractivity contribution is 5.71. The topological polar surface area (TPSA) is 29.5 Å². The van der Waals surface area contributed by atoms with E-state index in [1.165, 1.54) is 44.9 Å². The summed E-state index contributed by atoms with van der Waals surface area (Å²) in [5.41, 5.74) is 0. The van der Waals surface area contributed by atoms with Gasteiger partial charge < -0.3 is 4.74 Å². The van der Waals surface area contributed by atoms with Crippen molar-refractivity contribution in [3.05, 3.63) is 0 Å². The van der Waals surface area contributed by atoms with Gasteiger partial charge in [-0.1, -0.05) is 45.4 Å². The summed E-state index contributed by atoms with van der Waals surface area (Å²) in [6, 6.07) is 0.407. The Morgan fingerprint density at radius 3 is 2.11 bits per heavy atom. The fourth-order valence-electron chi connectivity index (χ4n) is 2.16. The van der Waals surface area contributed by atoms with Crippen molar-refractivity contribution in [3.8, 4) is 0 Å². The van der Waals surface area contributed by atoms with Gasteiger partial charge in [0.25, 0.3) is 0 Å². The van der Waals surface area contributed by atoms with Gasteiger partial charge in [-0.05, 0) is 33.7 Å². The van der Waals surface area contributed by atoms with Gasteiger partial charge in [0.1, 0.15) is 0 Å². The van der Waals surface area contributed by atoms with Crippen molar-refractivity contribution < 1.29 is 9.53 Å². The monoisotopic (exact) mass is 271 g/mol. The largest absolute Gasteiger partial charge is 0.465 e. The molecule has 0 atom stereocenters. The molecule has 19 heavy (non-hydrogen) atoms. The number of rotatable bonds is 12. The lowest BCUT2D eigenvalue weighted by molar-refractivity contribution is -0.144. The molecule has 0 aromatic carbocycles. The second-order valence-corrected chi connectivity index (χ2v) is 5.49. The lowest BCUT2D eigenvalue weighted by atomic mass is 10.1. The third-order valence-corrected chi connectivity index (χ3v) is 3.42. The van der Waals surface area contributed by atoms with E-state index in [-0.39, 0.29) is 5.97 Å². The van der Waals surface area contributed by atoms with Gasteiger partial charge in [-0.3, -0.25) is 9.69 Å². The number of nitrogens with zero attached hydrogens (tertiary/aromatic N) is 1. The van der Waals surface area contributed by atoms with Crippen LogP contribution in [0.5, 0.6) is 0 Å². The highest BCUT2D eigenvalue weighted by Crippen LogP contribution is 2.09. The number of carbonyl (C=O) groups excluding carboxylic acids is 1. The molecule has 0 aliphatic carbocycles. The van der Waals surface area contributed by atoms with Gasteiger partial charge in [-0.15, -0.1) is 0 Å². The zero-order chi connectivity index (χ0) is 14.5. The van der Waals surface area contributed by atoms with Gasteiger partial charge in [0, 0.05) is 6.04 Å². The minimum absolute atomic E-state index is 0.0980. The predicted molar refractivity (Wildman–Crippen MR) is 81.3 cm³/mol. The molecular formula is C16H33NO2. The Labute approximate surface area is 119 Å². The molecule has 0 radical (unpaired) electrons. The Kier molecular flexibility index (Phi) is 12.1.